The van der Waals surface area contributed by atoms with Crippen molar-refractivity contribution in [2.45, 2.75) is 76.7 Å². The Hall–Kier alpha value is -1.89. The minimum atomic E-state index is -1.42. The first-order chi connectivity index (χ1) is 14.4. The molecular weight excluding hydrogens is 426 g/mol. The Morgan fingerprint density at radius 3 is 1.97 bits per heavy atom. The average molecular weight is 464 g/mol. The molecule has 0 rings (SSSR count). The molecule has 0 radical (unpaired) electrons. The van der Waals surface area contributed by atoms with E-state index in [1.807, 2.05) is 0 Å². The molecule has 0 aliphatic rings. The van der Waals surface area contributed by atoms with Gasteiger partial charge in [-0.3, -0.25) is 14.4 Å². The second-order valence-electron chi connectivity index (χ2n) is 7.89. The SMILES string of the molecule is CC(C)CC(NC(=O)C(NC(=O)C(CS)NC(=O)C(N)CCCCN)C(C)O)C(=O)O. The van der Waals surface area contributed by atoms with Crippen LogP contribution in [0.15, 0.2) is 0 Å². The average Bonchev–Trinajstić information content (AvgIpc) is 2.68. The summed E-state index contributed by atoms with van der Waals surface area (Å²) in [5.41, 5.74) is 11.2. The summed E-state index contributed by atoms with van der Waals surface area (Å²) in [5, 5.41) is 26.4. The molecule has 0 bridgehead atoms. The van der Waals surface area contributed by atoms with Gasteiger partial charge in [0.05, 0.1) is 12.1 Å². The molecule has 5 unspecified atom stereocenters. The number of nitrogens with two attached hydrogens (primary N) is 2. The molecule has 0 aliphatic carbocycles. The Morgan fingerprint density at radius 1 is 0.935 bits per heavy atom. The summed E-state index contributed by atoms with van der Waals surface area (Å²) in [6.45, 7) is 5.37. The van der Waals surface area contributed by atoms with E-state index < -0.39 is 54.0 Å². The maximum atomic E-state index is 12.6. The van der Waals surface area contributed by atoms with Crippen LogP contribution in [0.25, 0.3) is 0 Å². The molecule has 0 aromatic heterocycles. The number of carbonyl (C=O) groups is 4. The topological polar surface area (TPSA) is 197 Å². The minimum absolute atomic E-state index is 0.00109. The molecule has 11 nitrogen and oxygen atoms in total. The van der Waals surface area contributed by atoms with Crippen molar-refractivity contribution in [3.05, 3.63) is 0 Å². The number of aliphatic carboxylic acids is 1. The number of hydrogen-bond acceptors (Lipinski definition) is 8. The van der Waals surface area contributed by atoms with E-state index in [2.05, 4.69) is 28.6 Å². The number of thiol groups is 1. The number of amides is 3. The van der Waals surface area contributed by atoms with Crippen molar-refractivity contribution in [1.29, 1.82) is 0 Å². The van der Waals surface area contributed by atoms with Gasteiger partial charge in [0.15, 0.2) is 0 Å². The van der Waals surface area contributed by atoms with Gasteiger partial charge in [-0.25, -0.2) is 4.79 Å². The Balaban J connectivity index is 5.08. The van der Waals surface area contributed by atoms with Crippen molar-refractivity contribution < 1.29 is 29.4 Å². The van der Waals surface area contributed by atoms with Gasteiger partial charge in [0.2, 0.25) is 17.7 Å². The third-order valence-corrected chi connectivity index (χ3v) is 4.87. The highest BCUT2D eigenvalue weighted by molar-refractivity contribution is 7.80. The van der Waals surface area contributed by atoms with Gasteiger partial charge in [0.1, 0.15) is 18.1 Å². The third kappa shape index (κ3) is 11.3. The molecule has 0 spiro atoms. The fourth-order valence-corrected chi connectivity index (χ4v) is 2.98. The first-order valence-electron chi connectivity index (χ1n) is 10.3. The van der Waals surface area contributed by atoms with Crippen LogP contribution in [-0.2, 0) is 19.2 Å². The lowest BCUT2D eigenvalue weighted by atomic mass is 10.0. The summed E-state index contributed by atoms with van der Waals surface area (Å²) in [6.07, 6.45) is 0.645. The van der Waals surface area contributed by atoms with Crippen molar-refractivity contribution in [3.8, 4) is 0 Å². The van der Waals surface area contributed by atoms with E-state index in [1.165, 1.54) is 6.92 Å². The number of carboxylic acids is 1. The Morgan fingerprint density at radius 2 is 1.52 bits per heavy atom. The van der Waals surface area contributed by atoms with E-state index in [0.29, 0.717) is 19.4 Å². The molecule has 0 aromatic rings. The molecule has 0 saturated heterocycles. The highest BCUT2D eigenvalue weighted by Gasteiger charge is 2.32. The normalized spacial score (nSPS) is 16.0. The van der Waals surface area contributed by atoms with Crippen LogP contribution < -0.4 is 27.4 Å². The second kappa shape index (κ2) is 15.0. The first-order valence-corrected chi connectivity index (χ1v) is 11.0. The molecule has 9 N–H and O–H groups in total. The fraction of sp³-hybridized carbons (Fsp3) is 0.789. The lowest BCUT2D eigenvalue weighted by Crippen LogP contribution is -2.60. The number of rotatable bonds is 15. The molecule has 31 heavy (non-hydrogen) atoms. The van der Waals surface area contributed by atoms with Crippen molar-refractivity contribution in [2.75, 3.05) is 12.3 Å². The van der Waals surface area contributed by atoms with E-state index in [-0.39, 0.29) is 18.1 Å². The number of carbonyl (C=O) groups excluding carboxylic acids is 3. The molecule has 0 aliphatic heterocycles. The molecule has 5 atom stereocenters. The monoisotopic (exact) mass is 463 g/mol. The molecule has 0 saturated carbocycles. The Labute approximate surface area is 188 Å². The van der Waals surface area contributed by atoms with Crippen molar-refractivity contribution in [2.24, 2.45) is 17.4 Å². The van der Waals surface area contributed by atoms with Crippen LogP contribution in [0.1, 0.15) is 46.5 Å². The number of hydrogen-bond donors (Lipinski definition) is 8. The molecule has 180 valence electrons. The van der Waals surface area contributed by atoms with Gasteiger partial charge >= 0.3 is 5.97 Å². The second-order valence-corrected chi connectivity index (χ2v) is 8.26. The summed E-state index contributed by atoms with van der Waals surface area (Å²) in [5.74, 6) is -3.45. The van der Waals surface area contributed by atoms with Gasteiger partial charge in [-0.15, -0.1) is 0 Å². The van der Waals surface area contributed by atoms with Gasteiger partial charge in [0, 0.05) is 5.75 Å². The van der Waals surface area contributed by atoms with Crippen molar-refractivity contribution >= 4 is 36.3 Å². The maximum absolute atomic E-state index is 12.6. The summed E-state index contributed by atoms with van der Waals surface area (Å²) >= 11 is 4.06. The fourth-order valence-electron chi connectivity index (χ4n) is 2.73. The zero-order valence-electron chi connectivity index (χ0n) is 18.3. The Bertz CT molecular complexity index is 604. The summed E-state index contributed by atoms with van der Waals surface area (Å²) in [4.78, 5) is 48.7. The smallest absolute Gasteiger partial charge is 0.326 e. The molecule has 12 heteroatoms. The Kier molecular flexibility index (Phi) is 14.1. The van der Waals surface area contributed by atoms with E-state index >= 15 is 0 Å². The number of nitrogens with one attached hydrogen (secondary N) is 3. The van der Waals surface area contributed by atoms with Gasteiger partial charge in [0.25, 0.3) is 0 Å². The zero-order chi connectivity index (χ0) is 24.1. The summed E-state index contributed by atoms with van der Waals surface area (Å²) in [6, 6.07) is -4.52. The first kappa shape index (κ1) is 29.1. The van der Waals surface area contributed by atoms with Crippen molar-refractivity contribution in [1.82, 2.24) is 16.0 Å². The van der Waals surface area contributed by atoms with E-state index in [1.54, 1.807) is 13.8 Å². The van der Waals surface area contributed by atoms with Gasteiger partial charge in [-0.2, -0.15) is 12.6 Å². The van der Waals surface area contributed by atoms with Crippen LogP contribution in [0.4, 0.5) is 0 Å². The highest BCUT2D eigenvalue weighted by atomic mass is 32.1. The predicted octanol–water partition coefficient (Wildman–Crippen LogP) is -1.66. The van der Waals surface area contributed by atoms with Gasteiger partial charge in [-0.05, 0) is 38.6 Å². The quantitative estimate of drug-likeness (QED) is 0.104. The van der Waals surface area contributed by atoms with Crippen LogP contribution in [0.3, 0.4) is 0 Å². The molecule has 3 amide bonds. The van der Waals surface area contributed by atoms with Crippen LogP contribution in [0.5, 0.6) is 0 Å². The lowest BCUT2D eigenvalue weighted by Gasteiger charge is -2.26. The van der Waals surface area contributed by atoms with Crippen LogP contribution in [-0.4, -0.2) is 76.5 Å². The molecular formula is C19H37N5O6S. The highest BCUT2D eigenvalue weighted by Crippen LogP contribution is 2.06. The number of carboxylic acid groups (broad SMARTS) is 1. The minimum Gasteiger partial charge on any atom is -0.480 e. The van der Waals surface area contributed by atoms with Crippen molar-refractivity contribution in [3.63, 3.8) is 0 Å². The lowest BCUT2D eigenvalue weighted by molar-refractivity contribution is -0.143. The predicted molar refractivity (Wildman–Crippen MR) is 119 cm³/mol. The van der Waals surface area contributed by atoms with Gasteiger partial charge in [-0.1, -0.05) is 20.3 Å². The van der Waals surface area contributed by atoms with E-state index in [0.717, 1.165) is 6.42 Å². The maximum Gasteiger partial charge on any atom is 0.326 e. The zero-order valence-corrected chi connectivity index (χ0v) is 19.2. The number of aliphatic hydroxyl groups excluding tert-OH is 1. The molecule has 0 heterocycles. The van der Waals surface area contributed by atoms with Crippen LogP contribution in [0.2, 0.25) is 0 Å². The largest absolute Gasteiger partial charge is 0.480 e. The molecule has 0 aromatic carbocycles. The summed E-state index contributed by atoms with van der Waals surface area (Å²) in [7, 11) is 0. The third-order valence-electron chi connectivity index (χ3n) is 4.51. The standard InChI is InChI=1S/C19H37N5O6S/c1-10(2)8-13(19(29)30)22-18(28)15(11(3)25)24-17(27)14(9-31)23-16(26)12(21)6-4-5-7-20/h10-15,25,31H,4-9,20-21H2,1-3H3,(H,22,28)(H,23,26)(H,24,27)(H,29,30). The van der Waals surface area contributed by atoms with E-state index in [4.69, 9.17) is 11.5 Å². The molecule has 0 fully saturated rings. The van der Waals surface area contributed by atoms with Crippen LogP contribution >= 0.6 is 12.6 Å². The number of unbranched alkanes of at least 4 members (excludes halogenated alkanes) is 1. The van der Waals surface area contributed by atoms with Gasteiger partial charge < -0.3 is 37.6 Å². The van der Waals surface area contributed by atoms with Crippen LogP contribution in [0, 0.1) is 5.92 Å². The summed E-state index contributed by atoms with van der Waals surface area (Å²) < 4.78 is 0. The van der Waals surface area contributed by atoms with E-state index in [9.17, 15) is 29.4 Å². The number of aliphatic hydroxyl groups is 1.